The molecule has 0 amide bonds. The Bertz CT molecular complexity index is 546. The van der Waals surface area contributed by atoms with Crippen LogP contribution in [0.4, 0.5) is 0 Å². The Kier molecular flexibility index (Phi) is 10.2. The van der Waals surface area contributed by atoms with Crippen molar-refractivity contribution in [1.29, 1.82) is 0 Å². The molecule has 6 nitrogen and oxygen atoms in total. The van der Waals surface area contributed by atoms with Crippen molar-refractivity contribution in [3.05, 3.63) is 0 Å². The molecule has 1 heterocycles. The van der Waals surface area contributed by atoms with Crippen LogP contribution in [0.3, 0.4) is 0 Å². The van der Waals surface area contributed by atoms with E-state index in [2.05, 4.69) is 15.2 Å². The third kappa shape index (κ3) is 6.82. The van der Waals surface area contributed by atoms with Gasteiger partial charge in [-0.05, 0) is 40.0 Å². The monoisotopic (exact) mass is 501 g/mol. The highest BCUT2D eigenvalue weighted by Gasteiger charge is 2.40. The maximum atomic E-state index is 12.2. The van der Waals surface area contributed by atoms with Crippen LogP contribution in [0.15, 0.2) is 4.99 Å². The summed E-state index contributed by atoms with van der Waals surface area (Å²) in [6, 6.07) is 0. The second kappa shape index (κ2) is 11.0. The van der Waals surface area contributed by atoms with E-state index < -0.39 is 14.6 Å². The fourth-order valence-corrected chi connectivity index (χ4v) is 4.85. The van der Waals surface area contributed by atoms with Gasteiger partial charge in [0.25, 0.3) is 0 Å². The predicted molar refractivity (Wildman–Crippen MR) is 118 cm³/mol. The lowest BCUT2D eigenvalue weighted by Crippen LogP contribution is -2.57. The normalized spacial score (nSPS) is 23.3. The van der Waals surface area contributed by atoms with Crippen molar-refractivity contribution in [2.45, 2.75) is 70.1 Å². The summed E-state index contributed by atoms with van der Waals surface area (Å²) in [5.41, 5.74) is 0. The number of hydrogen-bond acceptors (Lipinski definition) is 4. The second-order valence-corrected chi connectivity index (χ2v) is 10.5. The molecule has 0 aromatic rings. The van der Waals surface area contributed by atoms with Crippen molar-refractivity contribution in [1.82, 2.24) is 10.2 Å². The lowest BCUT2D eigenvalue weighted by molar-refractivity contribution is 0.0281. The lowest BCUT2D eigenvalue weighted by Gasteiger charge is -2.39. The van der Waals surface area contributed by atoms with Gasteiger partial charge in [0, 0.05) is 32.8 Å². The van der Waals surface area contributed by atoms with E-state index in [9.17, 15) is 8.42 Å². The molecule has 0 atom stereocenters. The molecular formula is C18H36IN3O3S. The molecule has 8 heteroatoms. The van der Waals surface area contributed by atoms with E-state index in [4.69, 9.17) is 4.74 Å². The van der Waals surface area contributed by atoms with Gasteiger partial charge in [-0.1, -0.05) is 19.3 Å². The summed E-state index contributed by atoms with van der Waals surface area (Å²) >= 11 is 0. The first-order valence-electron chi connectivity index (χ1n) is 9.73. The van der Waals surface area contributed by atoms with Gasteiger partial charge in [0.1, 0.15) is 0 Å². The molecule has 2 rings (SSSR count). The van der Waals surface area contributed by atoms with Gasteiger partial charge in [-0.25, -0.2) is 8.42 Å². The van der Waals surface area contributed by atoms with Gasteiger partial charge >= 0.3 is 0 Å². The largest absolute Gasteiger partial charge is 0.378 e. The minimum atomic E-state index is -3.03. The fourth-order valence-electron chi connectivity index (χ4n) is 3.48. The lowest BCUT2D eigenvalue weighted by atomic mass is 9.98. The summed E-state index contributed by atoms with van der Waals surface area (Å²) in [5, 5.41) is 3.30. The van der Waals surface area contributed by atoms with Crippen LogP contribution in [-0.4, -0.2) is 68.7 Å². The van der Waals surface area contributed by atoms with E-state index in [1.165, 1.54) is 32.1 Å². The number of hydrogen-bond donors (Lipinski definition) is 1. The van der Waals surface area contributed by atoms with Gasteiger partial charge < -0.3 is 15.0 Å². The number of rotatable bonds is 6. The standard InChI is InChI=1S/C18H35N3O3S.HI/c1-4-19-17(21-12-14-25(22,23)18(2,3)15-21)20-11-8-13-24-16-9-6-5-7-10-16;/h16H,4-15H2,1-3H3,(H,19,20);1H. The molecule has 2 aliphatic rings. The number of nitrogens with one attached hydrogen (secondary N) is 1. The van der Waals surface area contributed by atoms with Crippen molar-refractivity contribution in [3.63, 3.8) is 0 Å². The highest BCUT2D eigenvalue weighted by Crippen LogP contribution is 2.24. The first-order chi connectivity index (χ1) is 11.9. The van der Waals surface area contributed by atoms with Crippen LogP contribution in [0.1, 0.15) is 59.3 Å². The van der Waals surface area contributed by atoms with Gasteiger partial charge in [-0.15, -0.1) is 24.0 Å². The van der Waals surface area contributed by atoms with Crippen LogP contribution in [0.5, 0.6) is 0 Å². The van der Waals surface area contributed by atoms with E-state index in [-0.39, 0.29) is 29.7 Å². The highest BCUT2D eigenvalue weighted by molar-refractivity contribution is 14.0. The maximum Gasteiger partial charge on any atom is 0.193 e. The number of sulfone groups is 1. The van der Waals surface area contributed by atoms with E-state index in [1.54, 1.807) is 13.8 Å². The number of aliphatic imine (C=N–C) groups is 1. The zero-order valence-corrected chi connectivity index (χ0v) is 19.6. The van der Waals surface area contributed by atoms with Crippen molar-refractivity contribution in [2.75, 3.05) is 38.5 Å². The summed E-state index contributed by atoms with van der Waals surface area (Å²) in [6.45, 7) is 8.88. The zero-order chi connectivity index (χ0) is 18.3. The smallest absolute Gasteiger partial charge is 0.193 e. The SMILES string of the molecule is CCNC(=NCCCOC1CCCCC1)N1CCS(=O)(=O)C(C)(C)C1.I. The van der Waals surface area contributed by atoms with E-state index in [0.29, 0.717) is 25.7 Å². The fraction of sp³-hybridized carbons (Fsp3) is 0.944. The number of halogens is 1. The van der Waals surface area contributed by atoms with Crippen LogP contribution in [0.25, 0.3) is 0 Å². The van der Waals surface area contributed by atoms with Crippen molar-refractivity contribution >= 4 is 39.8 Å². The van der Waals surface area contributed by atoms with Gasteiger partial charge in [0.15, 0.2) is 15.8 Å². The molecule has 26 heavy (non-hydrogen) atoms. The Hall–Kier alpha value is -0.0900. The summed E-state index contributed by atoms with van der Waals surface area (Å²) < 4.78 is 29.6. The third-order valence-electron chi connectivity index (χ3n) is 5.15. The second-order valence-electron chi connectivity index (χ2n) is 7.72. The molecule has 0 bridgehead atoms. The van der Waals surface area contributed by atoms with Crippen molar-refractivity contribution < 1.29 is 13.2 Å². The Morgan fingerprint density at radius 1 is 1.27 bits per heavy atom. The van der Waals surface area contributed by atoms with Crippen LogP contribution in [0.2, 0.25) is 0 Å². The molecule has 154 valence electrons. The summed E-state index contributed by atoms with van der Waals surface area (Å²) in [7, 11) is -3.03. The van der Waals surface area contributed by atoms with Gasteiger partial charge in [0.2, 0.25) is 0 Å². The third-order valence-corrected chi connectivity index (χ3v) is 7.68. The Morgan fingerprint density at radius 2 is 1.96 bits per heavy atom. The molecule has 1 N–H and O–H groups in total. The molecule has 1 saturated heterocycles. The van der Waals surface area contributed by atoms with Crippen molar-refractivity contribution in [3.8, 4) is 0 Å². The summed E-state index contributed by atoms with van der Waals surface area (Å²) in [6.07, 6.45) is 7.67. The minimum Gasteiger partial charge on any atom is -0.378 e. The average Bonchev–Trinajstić information content (AvgIpc) is 2.57. The number of guanidine groups is 1. The number of nitrogens with zero attached hydrogens (tertiary/aromatic N) is 2. The first-order valence-corrected chi connectivity index (χ1v) is 11.4. The van der Waals surface area contributed by atoms with E-state index in [0.717, 1.165) is 25.5 Å². The molecule has 0 spiro atoms. The molecule has 1 aliphatic heterocycles. The van der Waals surface area contributed by atoms with Crippen LogP contribution in [0, 0.1) is 0 Å². The Labute approximate surface area is 176 Å². The Morgan fingerprint density at radius 3 is 2.58 bits per heavy atom. The molecule has 1 saturated carbocycles. The maximum absolute atomic E-state index is 12.2. The highest BCUT2D eigenvalue weighted by atomic mass is 127. The quantitative estimate of drug-likeness (QED) is 0.262. The summed E-state index contributed by atoms with van der Waals surface area (Å²) in [5.74, 6) is 1.01. The van der Waals surface area contributed by atoms with Crippen LogP contribution < -0.4 is 5.32 Å². The first kappa shape index (κ1) is 23.9. The molecule has 0 aromatic carbocycles. The van der Waals surface area contributed by atoms with Crippen LogP contribution in [-0.2, 0) is 14.6 Å². The molecule has 0 unspecified atom stereocenters. The predicted octanol–water partition coefficient (Wildman–Crippen LogP) is 2.82. The van der Waals surface area contributed by atoms with E-state index in [1.807, 2.05) is 6.92 Å². The molecule has 0 radical (unpaired) electrons. The minimum absolute atomic E-state index is 0. The zero-order valence-electron chi connectivity index (χ0n) is 16.5. The van der Waals surface area contributed by atoms with Gasteiger partial charge in [-0.2, -0.15) is 0 Å². The van der Waals surface area contributed by atoms with E-state index >= 15 is 0 Å². The molecular weight excluding hydrogens is 465 g/mol. The van der Waals surface area contributed by atoms with Crippen LogP contribution >= 0.6 is 24.0 Å². The molecule has 0 aromatic heterocycles. The number of ether oxygens (including phenoxy) is 1. The van der Waals surface area contributed by atoms with Crippen molar-refractivity contribution in [2.24, 2.45) is 4.99 Å². The topological polar surface area (TPSA) is 71.0 Å². The Balaban J connectivity index is 0.00000338. The summed E-state index contributed by atoms with van der Waals surface area (Å²) in [4.78, 5) is 6.77. The molecule has 2 fully saturated rings. The molecule has 1 aliphatic carbocycles. The average molecular weight is 501 g/mol. The van der Waals surface area contributed by atoms with Gasteiger partial charge in [0.05, 0.1) is 16.6 Å². The van der Waals surface area contributed by atoms with Gasteiger partial charge in [-0.3, -0.25) is 4.99 Å².